The normalized spacial score (nSPS) is 9.53. The van der Waals surface area contributed by atoms with E-state index in [1.165, 1.54) is 0 Å². The predicted molar refractivity (Wildman–Crippen MR) is 414 cm³/mol. The van der Waals surface area contributed by atoms with Gasteiger partial charge in [-0.05, 0) is 150 Å². The van der Waals surface area contributed by atoms with E-state index in [4.69, 9.17) is 67.8 Å². The Bertz CT molecular complexity index is 4230. The van der Waals surface area contributed by atoms with Crippen LogP contribution in [0.15, 0.2) is 217 Å². The second kappa shape index (κ2) is 60.5. The Hall–Kier alpha value is -10.6. The molecule has 0 radical (unpaired) electrons. The Balaban J connectivity index is 0.000000652. The van der Waals surface area contributed by atoms with Crippen molar-refractivity contribution in [1.29, 1.82) is 0 Å². The van der Waals surface area contributed by atoms with Gasteiger partial charge in [-0.25, -0.2) is 0 Å². The van der Waals surface area contributed by atoms with E-state index in [1.54, 1.807) is 36.4 Å². The predicted octanol–water partition coefficient (Wildman–Crippen LogP) is 10.7. The van der Waals surface area contributed by atoms with Gasteiger partial charge in [-0.3, -0.25) is 24.0 Å². The molecule has 0 amide bonds. The summed E-state index contributed by atoms with van der Waals surface area (Å²) in [6.07, 6.45) is 13.8. The summed E-state index contributed by atoms with van der Waals surface area (Å²) in [7, 11) is 0. The van der Waals surface area contributed by atoms with E-state index in [1.807, 2.05) is 176 Å². The molecule has 0 saturated carbocycles. The van der Waals surface area contributed by atoms with Crippen LogP contribution in [-0.4, -0.2) is 132 Å². The average Bonchev–Trinajstić information content (AvgIpc) is 0.904. The standard InChI is InChI=1S/C17H19N5O.C17H20N2O2.C17H16N2O2.C13H11ClN2O.C8H7ClO.C4H4ClN3.C4H6O.2H2O.Pd/c18-22-19-11-5-4-8-15-9-10-16(21-20-15)13-17(23)12-14-6-2-1-3-7-14;2*20-11-5-4-8-15-9-10-16(19-18-15)13-17(21)12-14-6-2-1-3-7-14;14-13-7-6-11(15-16-13)9-12(17)8-10-4-2-1-3-5-10;9-8(10)6-7-4-2-1-3-5-7;5-3-1-2-4(6)8-7-3;1-2-3-4-5;;;/h1-3,6-7,9-10H,4-5,8,11-13H2;1-3,6-7,9-10,20H,4-5,8,11-13H2;1-3,6-7,9-10,20H,5,11-13H2;1-7H,8-9H2;1-5H,6H2;1-2H,(H2,6,8);1,5H,3-4H2;2*1H2;. The number of unbranched alkanes of at least 4 members (excludes halogenated alkanes) is 2. The van der Waals surface area contributed by atoms with Crippen molar-refractivity contribution in [2.45, 2.75) is 109 Å². The molecule has 0 aliphatic rings. The molecule has 5 heterocycles. The van der Waals surface area contributed by atoms with Crippen molar-refractivity contribution in [1.82, 2.24) is 51.0 Å². The third-order valence-electron chi connectivity index (χ3n) is 13.8. The SMILES string of the molecule is C#CCCO.Nc1ccc(Cl)nn1.O.O.O=C(Cc1ccccc1)Cc1ccc(C#CCCO)nn1.O=C(Cc1ccccc1)Cc1ccc(CCCCO)nn1.O=C(Cc1ccccc1)Cc1ccc(Cl)nn1.O=C(Cl)Cc1ccccc1.[N-]=[N+]=NCCCCc1ccc(CC(=O)Cc2ccccc2)nn1.[Pd]. The summed E-state index contributed by atoms with van der Waals surface area (Å²) in [5, 5.41) is 68.1. The van der Waals surface area contributed by atoms with E-state index >= 15 is 0 Å². The fraction of sp³-hybridized carbons (Fsp3) is 0.263. The molecule has 108 heavy (non-hydrogen) atoms. The minimum Gasteiger partial charge on any atom is -0.412 e. The maximum Gasteiger partial charge on any atom is 0.226 e. The van der Waals surface area contributed by atoms with Gasteiger partial charge in [0, 0.05) is 83.4 Å². The van der Waals surface area contributed by atoms with E-state index in [0.29, 0.717) is 115 Å². The molecule has 10 aromatic rings. The maximum absolute atomic E-state index is 12.0. The fourth-order valence-corrected chi connectivity index (χ4v) is 9.20. The van der Waals surface area contributed by atoms with E-state index in [-0.39, 0.29) is 86.0 Å². The summed E-state index contributed by atoms with van der Waals surface area (Å²) in [5.41, 5.74) is 23.4. The molecule has 0 aliphatic carbocycles. The molecule has 5 aromatic carbocycles. The van der Waals surface area contributed by atoms with Gasteiger partial charge in [0.15, 0.2) is 10.3 Å². The number of hydrogen-bond donors (Lipinski definition) is 4. The largest absolute Gasteiger partial charge is 0.412 e. The Morgan fingerprint density at radius 2 is 0.741 bits per heavy atom. The molecule has 0 bridgehead atoms. The van der Waals surface area contributed by atoms with Crippen LogP contribution in [-0.2, 0) is 115 Å². The number of benzene rings is 5. The van der Waals surface area contributed by atoms with Crippen LogP contribution in [0.3, 0.4) is 0 Å². The molecule has 0 unspecified atom stereocenters. The number of Topliss-reactive ketones (excluding diaryl/α,β-unsaturated/α-hetero) is 4. The van der Waals surface area contributed by atoms with Crippen LogP contribution in [0.4, 0.5) is 5.82 Å². The number of carbonyl (C=O) groups is 5. The summed E-state index contributed by atoms with van der Waals surface area (Å²) in [6, 6.07) is 65.7. The smallest absolute Gasteiger partial charge is 0.226 e. The van der Waals surface area contributed by atoms with Gasteiger partial charge >= 0.3 is 0 Å². The van der Waals surface area contributed by atoms with Gasteiger partial charge < -0.3 is 32.0 Å². The molecule has 0 saturated heterocycles. The van der Waals surface area contributed by atoms with Crippen molar-refractivity contribution in [3.05, 3.63) is 301 Å². The van der Waals surface area contributed by atoms with Crippen molar-refractivity contribution >= 4 is 69.0 Å². The van der Waals surface area contributed by atoms with E-state index in [9.17, 15) is 24.0 Å². The zero-order chi connectivity index (χ0) is 75.8. The third kappa shape index (κ3) is 47.1. The molecule has 5 aromatic heterocycles. The second-order valence-corrected chi connectivity index (χ2v) is 23.8. The summed E-state index contributed by atoms with van der Waals surface area (Å²) in [5.74, 6) is 8.72. The third-order valence-corrected chi connectivity index (χ3v) is 14.4. The van der Waals surface area contributed by atoms with Crippen LogP contribution in [0.2, 0.25) is 10.3 Å². The molecule has 0 fully saturated rings. The van der Waals surface area contributed by atoms with Gasteiger partial charge in [-0.2, -0.15) is 30.6 Å². The van der Waals surface area contributed by atoms with Crippen LogP contribution in [0.5, 0.6) is 0 Å². The molecule has 568 valence electrons. The first-order valence-corrected chi connectivity index (χ1v) is 34.6. The first-order valence-electron chi connectivity index (χ1n) is 33.5. The monoisotopic (exact) mass is 1610 g/mol. The van der Waals surface area contributed by atoms with E-state index in [2.05, 4.69) is 78.8 Å². The number of aromatic nitrogens is 10. The van der Waals surface area contributed by atoms with Crippen molar-refractivity contribution in [3.8, 4) is 24.2 Å². The van der Waals surface area contributed by atoms with Gasteiger partial charge in [0.25, 0.3) is 0 Å². The topological polar surface area (TPSA) is 413 Å². The number of halogens is 3. The zero-order valence-corrected chi connectivity index (χ0v) is 63.2. The molecular weight excluding hydrogens is 1530 g/mol. The number of nitrogens with two attached hydrogens (primary N) is 1. The van der Waals surface area contributed by atoms with Gasteiger partial charge in [-0.15, -0.1) is 32.7 Å². The summed E-state index contributed by atoms with van der Waals surface area (Å²) < 4.78 is 0. The quantitative estimate of drug-likeness (QED) is 0.00643. The molecule has 10 rings (SSSR count). The van der Waals surface area contributed by atoms with Gasteiger partial charge in [-0.1, -0.05) is 186 Å². The van der Waals surface area contributed by atoms with E-state index in [0.717, 1.165) is 77.7 Å². The Kier molecular flexibility index (Phi) is 53.5. The first kappa shape index (κ1) is 95.4. The number of anilines is 1. The van der Waals surface area contributed by atoms with Crippen molar-refractivity contribution in [3.63, 3.8) is 0 Å². The van der Waals surface area contributed by atoms with Crippen molar-refractivity contribution in [2.24, 2.45) is 5.11 Å². The summed E-state index contributed by atoms with van der Waals surface area (Å²) in [6.45, 7) is 0.860. The van der Waals surface area contributed by atoms with Crippen LogP contribution in [0, 0.1) is 24.2 Å². The number of terminal acetylenes is 1. The molecular formula is C80H87Cl3N14O10Pd. The van der Waals surface area contributed by atoms with Gasteiger partial charge in [0.05, 0.1) is 73.1 Å². The number of aliphatic hydroxyl groups is 3. The number of aliphatic hydroxyl groups excluding tert-OH is 3. The molecule has 0 aliphatic heterocycles. The number of nitrogens with zero attached hydrogens (tertiary/aromatic N) is 13. The number of nitrogen functional groups attached to an aromatic ring is 1. The number of aryl methyl sites for hydroxylation is 2. The van der Waals surface area contributed by atoms with Gasteiger partial charge in [0.1, 0.15) is 34.6 Å². The van der Waals surface area contributed by atoms with Crippen LogP contribution in [0.1, 0.15) is 106 Å². The van der Waals surface area contributed by atoms with E-state index < -0.39 is 0 Å². The number of rotatable bonds is 29. The second-order valence-electron chi connectivity index (χ2n) is 22.6. The molecule has 24 nitrogen and oxygen atoms in total. The Morgan fingerprint density at radius 1 is 0.407 bits per heavy atom. The van der Waals surface area contributed by atoms with Crippen molar-refractivity contribution < 1.29 is 70.7 Å². The number of ketones is 4. The van der Waals surface area contributed by atoms with Crippen LogP contribution in [0.25, 0.3) is 10.4 Å². The molecule has 0 atom stereocenters. The molecule has 28 heteroatoms. The summed E-state index contributed by atoms with van der Waals surface area (Å²) >= 11 is 16.2. The molecule has 0 spiro atoms. The Morgan fingerprint density at radius 3 is 1.03 bits per heavy atom. The Labute approximate surface area is 657 Å². The van der Waals surface area contributed by atoms with Crippen molar-refractivity contribution in [2.75, 3.05) is 32.1 Å². The number of azide groups is 1. The average molecular weight is 1620 g/mol. The van der Waals surface area contributed by atoms with Crippen LogP contribution >= 0.6 is 34.8 Å². The summed E-state index contributed by atoms with van der Waals surface area (Å²) in [4.78, 5) is 60.8. The number of carbonyl (C=O) groups excluding carboxylic acids is 5. The first-order chi connectivity index (χ1) is 51.1. The molecule has 9 N–H and O–H groups in total. The van der Waals surface area contributed by atoms with Crippen LogP contribution < -0.4 is 5.73 Å². The number of hydrogen-bond acceptors (Lipinski definition) is 20. The zero-order valence-electron chi connectivity index (χ0n) is 59.4. The maximum atomic E-state index is 12.0. The van der Waals surface area contributed by atoms with Gasteiger partial charge in [0.2, 0.25) is 5.24 Å². The fourth-order valence-electron chi connectivity index (χ4n) is 8.85. The minimum absolute atomic E-state index is 0. The minimum atomic E-state index is -0.314.